The molecule has 0 aliphatic rings. The third-order valence-corrected chi connectivity index (χ3v) is 3.36. The predicted octanol–water partition coefficient (Wildman–Crippen LogP) is 4.37. The van der Waals surface area contributed by atoms with E-state index in [0.29, 0.717) is 17.9 Å². The second kappa shape index (κ2) is 6.56. The Morgan fingerprint density at radius 3 is 2.55 bits per heavy atom. The summed E-state index contributed by atoms with van der Waals surface area (Å²) in [6.45, 7) is 2.54. The van der Waals surface area contributed by atoms with Crippen LogP contribution in [0.25, 0.3) is 0 Å². The van der Waals surface area contributed by atoms with Gasteiger partial charge in [-0.25, -0.2) is 0 Å². The molecule has 104 valence electrons. The van der Waals surface area contributed by atoms with E-state index in [1.165, 1.54) is 0 Å². The van der Waals surface area contributed by atoms with Crippen LogP contribution in [-0.2, 0) is 0 Å². The maximum absolute atomic E-state index is 11.3. The lowest BCUT2D eigenvalue weighted by atomic mass is 10.2. The molecule has 0 atom stereocenters. The quantitative estimate of drug-likeness (QED) is 0.457. The summed E-state index contributed by atoms with van der Waals surface area (Å²) in [7, 11) is 0. The third-order valence-electron chi connectivity index (χ3n) is 2.69. The number of nitrogens with zero attached hydrogens (tertiary/aromatic N) is 1. The Hall–Kier alpha value is -1.83. The normalized spacial score (nSPS) is 10.1. The lowest BCUT2D eigenvalue weighted by molar-refractivity contribution is -0.383. The number of nitro groups is 1. The highest BCUT2D eigenvalue weighted by molar-refractivity contribution is 14.1. The van der Waals surface area contributed by atoms with Gasteiger partial charge in [0.25, 0.3) is 0 Å². The van der Waals surface area contributed by atoms with Gasteiger partial charge in [0.1, 0.15) is 11.4 Å². The number of para-hydroxylation sites is 1. The van der Waals surface area contributed by atoms with Crippen LogP contribution in [0.4, 0.5) is 22.7 Å². The van der Waals surface area contributed by atoms with E-state index in [4.69, 9.17) is 0 Å². The summed E-state index contributed by atoms with van der Waals surface area (Å²) >= 11 is 2.20. The molecule has 20 heavy (non-hydrogen) atoms. The fourth-order valence-electron chi connectivity index (χ4n) is 1.90. The zero-order valence-electron chi connectivity index (χ0n) is 10.9. The average Bonchev–Trinajstić information content (AvgIpc) is 2.39. The van der Waals surface area contributed by atoms with Gasteiger partial charge in [0.05, 0.1) is 4.92 Å². The van der Waals surface area contributed by atoms with Crippen LogP contribution in [0, 0.1) is 13.7 Å². The van der Waals surface area contributed by atoms with Crippen LogP contribution in [0.1, 0.15) is 6.92 Å². The van der Waals surface area contributed by atoms with Gasteiger partial charge in [-0.05, 0) is 59.8 Å². The fourth-order valence-corrected chi connectivity index (χ4v) is 2.44. The summed E-state index contributed by atoms with van der Waals surface area (Å²) in [6, 6.07) is 12.9. The van der Waals surface area contributed by atoms with Crippen molar-refractivity contribution in [2.75, 3.05) is 17.2 Å². The molecule has 0 saturated heterocycles. The molecule has 0 spiro atoms. The van der Waals surface area contributed by atoms with Gasteiger partial charge in [-0.1, -0.05) is 12.1 Å². The molecule has 0 saturated carbocycles. The van der Waals surface area contributed by atoms with E-state index in [1.807, 2.05) is 31.2 Å². The van der Waals surface area contributed by atoms with Crippen LogP contribution in [0.15, 0.2) is 42.5 Å². The minimum Gasteiger partial charge on any atom is -0.380 e. The zero-order valence-corrected chi connectivity index (χ0v) is 13.0. The second-order valence-corrected chi connectivity index (χ2v) is 5.37. The molecule has 5 nitrogen and oxygen atoms in total. The van der Waals surface area contributed by atoms with Gasteiger partial charge in [0, 0.05) is 15.8 Å². The highest BCUT2D eigenvalue weighted by Crippen LogP contribution is 2.34. The first-order valence-electron chi connectivity index (χ1n) is 6.15. The van der Waals surface area contributed by atoms with E-state index >= 15 is 0 Å². The molecule has 0 heterocycles. The van der Waals surface area contributed by atoms with Crippen molar-refractivity contribution in [2.45, 2.75) is 6.92 Å². The van der Waals surface area contributed by atoms with E-state index < -0.39 is 0 Å². The van der Waals surface area contributed by atoms with Crippen molar-refractivity contribution in [1.82, 2.24) is 0 Å². The van der Waals surface area contributed by atoms with Crippen molar-refractivity contribution in [3.05, 3.63) is 56.1 Å². The summed E-state index contributed by atoms with van der Waals surface area (Å²) < 4.78 is 1.07. The van der Waals surface area contributed by atoms with Gasteiger partial charge in [0.2, 0.25) is 0 Å². The van der Waals surface area contributed by atoms with Crippen molar-refractivity contribution in [1.29, 1.82) is 0 Å². The molecule has 0 fully saturated rings. The van der Waals surface area contributed by atoms with E-state index in [2.05, 4.69) is 33.2 Å². The number of nitrogens with one attached hydrogen (secondary N) is 2. The fraction of sp³-hybridized carbons (Fsp3) is 0.143. The number of hydrogen-bond donors (Lipinski definition) is 2. The molecule has 0 bridgehead atoms. The third kappa shape index (κ3) is 3.38. The number of hydrogen-bond acceptors (Lipinski definition) is 4. The largest absolute Gasteiger partial charge is 0.380 e. The van der Waals surface area contributed by atoms with Crippen LogP contribution in [0.3, 0.4) is 0 Å². The topological polar surface area (TPSA) is 67.2 Å². The number of benzene rings is 2. The molecule has 0 radical (unpaired) electrons. The van der Waals surface area contributed by atoms with Crippen LogP contribution in [0.5, 0.6) is 0 Å². The van der Waals surface area contributed by atoms with Crippen molar-refractivity contribution in [3.8, 4) is 0 Å². The predicted molar refractivity (Wildman–Crippen MR) is 89.7 cm³/mol. The smallest absolute Gasteiger partial charge is 0.315 e. The van der Waals surface area contributed by atoms with Gasteiger partial charge in [-0.15, -0.1) is 0 Å². The monoisotopic (exact) mass is 383 g/mol. The first-order valence-corrected chi connectivity index (χ1v) is 7.23. The molecule has 2 aromatic carbocycles. The molecule has 0 aromatic heterocycles. The zero-order chi connectivity index (χ0) is 14.5. The first kappa shape index (κ1) is 14.6. The van der Waals surface area contributed by atoms with E-state index in [1.54, 1.807) is 18.2 Å². The highest BCUT2D eigenvalue weighted by atomic mass is 127. The summed E-state index contributed by atoms with van der Waals surface area (Å²) in [5, 5.41) is 17.4. The van der Waals surface area contributed by atoms with Crippen molar-refractivity contribution in [3.63, 3.8) is 0 Å². The maximum atomic E-state index is 11.3. The summed E-state index contributed by atoms with van der Waals surface area (Å²) in [5.74, 6) is 0. The molecule has 2 rings (SSSR count). The molecule has 2 N–H and O–H groups in total. The lowest BCUT2D eigenvalue weighted by Gasteiger charge is -2.11. The number of rotatable bonds is 5. The van der Waals surface area contributed by atoms with Crippen molar-refractivity contribution in [2.24, 2.45) is 0 Å². The Morgan fingerprint density at radius 2 is 1.90 bits per heavy atom. The summed E-state index contributed by atoms with van der Waals surface area (Å²) in [4.78, 5) is 10.9. The van der Waals surface area contributed by atoms with Gasteiger partial charge < -0.3 is 10.6 Å². The van der Waals surface area contributed by atoms with Crippen LogP contribution in [0.2, 0.25) is 0 Å². The Morgan fingerprint density at radius 1 is 1.20 bits per heavy atom. The van der Waals surface area contributed by atoms with Crippen LogP contribution >= 0.6 is 22.6 Å². The SMILES string of the molecule is CCNc1cccc(Nc2cccc(I)c2)c1[N+](=O)[O-]. The number of nitro benzene ring substituents is 1. The maximum Gasteiger partial charge on any atom is 0.315 e. The Kier molecular flexibility index (Phi) is 4.78. The molecular formula is C14H14IN3O2. The molecular weight excluding hydrogens is 369 g/mol. The first-order chi connectivity index (χ1) is 9.61. The Balaban J connectivity index is 2.40. The van der Waals surface area contributed by atoms with E-state index in [-0.39, 0.29) is 10.6 Å². The molecule has 0 aliphatic heterocycles. The van der Waals surface area contributed by atoms with Crippen molar-refractivity contribution >= 4 is 45.3 Å². The lowest BCUT2D eigenvalue weighted by Crippen LogP contribution is -2.04. The van der Waals surface area contributed by atoms with Crippen LogP contribution in [-0.4, -0.2) is 11.5 Å². The second-order valence-electron chi connectivity index (χ2n) is 4.12. The minimum atomic E-state index is -0.367. The van der Waals surface area contributed by atoms with Crippen LogP contribution < -0.4 is 10.6 Å². The molecule has 0 amide bonds. The van der Waals surface area contributed by atoms with E-state index in [9.17, 15) is 10.1 Å². The van der Waals surface area contributed by atoms with Gasteiger partial charge in [-0.3, -0.25) is 10.1 Å². The standard InChI is InChI=1S/C14H14IN3O2/c1-2-16-12-7-4-8-13(14(12)18(19)20)17-11-6-3-5-10(15)9-11/h3-9,16-17H,2H2,1H3. The highest BCUT2D eigenvalue weighted by Gasteiger charge is 2.19. The molecule has 6 heteroatoms. The molecule has 0 aliphatic carbocycles. The van der Waals surface area contributed by atoms with Gasteiger partial charge in [-0.2, -0.15) is 0 Å². The average molecular weight is 383 g/mol. The van der Waals surface area contributed by atoms with Crippen molar-refractivity contribution < 1.29 is 4.92 Å². The molecule has 0 unspecified atom stereocenters. The number of halogens is 1. The Bertz CT molecular complexity index is 632. The minimum absolute atomic E-state index is 0.0632. The Labute approximate surface area is 130 Å². The summed E-state index contributed by atoms with van der Waals surface area (Å²) in [6.07, 6.45) is 0. The number of anilines is 3. The van der Waals surface area contributed by atoms with E-state index in [0.717, 1.165) is 9.26 Å². The van der Waals surface area contributed by atoms with Gasteiger partial charge in [0.15, 0.2) is 0 Å². The summed E-state index contributed by atoms with van der Waals surface area (Å²) in [5.41, 5.74) is 1.89. The molecule has 2 aromatic rings. The van der Waals surface area contributed by atoms with Gasteiger partial charge >= 0.3 is 5.69 Å².